The van der Waals surface area contributed by atoms with E-state index in [1.54, 1.807) is 0 Å². The van der Waals surface area contributed by atoms with Crippen molar-refractivity contribution in [3.8, 4) is 0 Å². The average molecular weight is 572 g/mol. The molecule has 5 aromatic rings. The fourth-order valence-electron chi connectivity index (χ4n) is 4.40. The van der Waals surface area contributed by atoms with E-state index in [0.29, 0.717) is 0 Å². The molecule has 5 aromatic carbocycles. The van der Waals surface area contributed by atoms with Crippen LogP contribution in [0.15, 0.2) is 121 Å². The molecule has 0 fully saturated rings. The van der Waals surface area contributed by atoms with Crippen molar-refractivity contribution in [1.29, 1.82) is 0 Å². The highest BCUT2D eigenvalue weighted by atomic mass is 28.4. The molecular weight excluding hydrogens is 537 g/mol. The molecule has 0 aliphatic rings. The fraction of sp³-hybridized carbons (Fsp3) is 0.143. The predicted octanol–water partition coefficient (Wildman–Crippen LogP) is 4.57. The van der Waals surface area contributed by atoms with Crippen molar-refractivity contribution in [2.45, 2.75) is 34.6 Å². The molecule has 0 N–H and O–H groups in total. The number of aryl methyl sites for hydroxylation is 5. The maximum Gasteiger partial charge on any atom is 0.402 e. The van der Waals surface area contributed by atoms with Gasteiger partial charge in [-0.25, -0.2) is 0 Å². The minimum absolute atomic E-state index is 1.14. The van der Waals surface area contributed by atoms with Crippen LogP contribution in [0.3, 0.4) is 0 Å². The summed E-state index contributed by atoms with van der Waals surface area (Å²) in [4.78, 5) is 0. The summed E-state index contributed by atoms with van der Waals surface area (Å²) in [7, 11) is -5.02. The van der Waals surface area contributed by atoms with Crippen LogP contribution in [-0.4, -0.2) is 27.4 Å². The second kappa shape index (κ2) is 12.9. The maximum atomic E-state index is 7.26. The molecule has 2 nitrogen and oxygen atoms in total. The maximum absolute atomic E-state index is 7.26. The summed E-state index contributed by atoms with van der Waals surface area (Å²) >= 11 is 0. The second-order valence-electron chi connectivity index (χ2n) is 10.5. The Hall–Kier alpha value is -3.33. The quantitative estimate of drug-likeness (QED) is 0.242. The summed E-state index contributed by atoms with van der Waals surface area (Å²) in [5.74, 6) is 0. The first kappa shape index (κ1) is 28.2. The van der Waals surface area contributed by atoms with Gasteiger partial charge in [0.15, 0.2) is 0 Å². The third-order valence-corrected chi connectivity index (χ3v) is 14.3. The van der Waals surface area contributed by atoms with Gasteiger partial charge < -0.3 is 8.23 Å². The molecule has 0 aliphatic heterocycles. The molecule has 40 heavy (non-hydrogen) atoms. The molecule has 0 heterocycles. The van der Waals surface area contributed by atoms with Gasteiger partial charge in [-0.15, -0.1) is 0 Å². The largest absolute Gasteiger partial charge is 0.424 e. The first-order chi connectivity index (χ1) is 19.4. The van der Waals surface area contributed by atoms with E-state index >= 15 is 0 Å². The van der Waals surface area contributed by atoms with Gasteiger partial charge in [0.25, 0.3) is 18.1 Å². The van der Waals surface area contributed by atoms with Gasteiger partial charge in [0.1, 0.15) is 0 Å². The molecule has 0 aliphatic carbocycles. The zero-order chi connectivity index (χ0) is 28.1. The van der Waals surface area contributed by atoms with Crippen molar-refractivity contribution in [2.24, 2.45) is 0 Å². The Morgan fingerprint density at radius 2 is 0.500 bits per heavy atom. The smallest absolute Gasteiger partial charge is 0.402 e. The Balaban J connectivity index is 1.59. The van der Waals surface area contributed by atoms with Crippen LogP contribution in [0.5, 0.6) is 0 Å². The summed E-state index contributed by atoms with van der Waals surface area (Å²) < 4.78 is 14.5. The summed E-state index contributed by atoms with van der Waals surface area (Å²) in [5.41, 5.74) is 6.23. The molecule has 5 heteroatoms. The zero-order valence-electron chi connectivity index (χ0n) is 23.9. The van der Waals surface area contributed by atoms with Crippen molar-refractivity contribution in [1.82, 2.24) is 0 Å². The van der Waals surface area contributed by atoms with Crippen LogP contribution in [0.1, 0.15) is 27.8 Å². The Kier molecular flexibility index (Phi) is 9.09. The zero-order valence-corrected chi connectivity index (χ0v) is 26.9. The van der Waals surface area contributed by atoms with Gasteiger partial charge in [-0.2, -0.15) is 0 Å². The number of hydrogen-bond acceptors (Lipinski definition) is 2. The van der Waals surface area contributed by atoms with Crippen LogP contribution in [0.25, 0.3) is 0 Å². The molecular formula is C35H35O2Si3. The third kappa shape index (κ3) is 7.05. The molecule has 199 valence electrons. The lowest BCUT2D eigenvalue weighted by Gasteiger charge is -2.27. The molecule has 0 saturated heterocycles. The molecule has 0 saturated carbocycles. The topological polar surface area (TPSA) is 18.5 Å². The van der Waals surface area contributed by atoms with E-state index in [4.69, 9.17) is 8.23 Å². The number of benzene rings is 5. The van der Waals surface area contributed by atoms with E-state index in [-0.39, 0.29) is 0 Å². The Bertz CT molecular complexity index is 1330. The summed E-state index contributed by atoms with van der Waals surface area (Å²) in [6.07, 6.45) is 0. The van der Waals surface area contributed by atoms with Crippen LogP contribution in [0.2, 0.25) is 0 Å². The Morgan fingerprint density at radius 1 is 0.300 bits per heavy atom. The normalized spacial score (nSPS) is 11.5. The lowest BCUT2D eigenvalue weighted by Crippen LogP contribution is -2.57. The summed E-state index contributed by atoms with van der Waals surface area (Å²) in [6, 6.07) is 44.0. The first-order valence-electron chi connectivity index (χ1n) is 13.7. The molecule has 0 amide bonds. The van der Waals surface area contributed by atoms with Crippen molar-refractivity contribution < 1.29 is 8.23 Å². The highest BCUT2D eigenvalue weighted by Crippen LogP contribution is 2.08. The van der Waals surface area contributed by atoms with E-state index < -0.39 is 27.4 Å². The van der Waals surface area contributed by atoms with E-state index in [9.17, 15) is 0 Å². The van der Waals surface area contributed by atoms with Gasteiger partial charge in [-0.1, -0.05) is 149 Å². The van der Waals surface area contributed by atoms with Crippen molar-refractivity contribution >= 4 is 53.3 Å². The molecule has 0 atom stereocenters. The van der Waals surface area contributed by atoms with Gasteiger partial charge in [-0.05, 0) is 60.6 Å². The van der Waals surface area contributed by atoms with Gasteiger partial charge in [0, 0.05) is 0 Å². The molecule has 0 unspecified atom stereocenters. The number of rotatable bonds is 9. The highest BCUT2D eigenvalue weighted by molar-refractivity contribution is 6.90. The molecule has 0 bridgehead atoms. The molecule has 5 rings (SSSR count). The summed E-state index contributed by atoms with van der Waals surface area (Å²) in [6.45, 7) is 10.6. The van der Waals surface area contributed by atoms with E-state index in [1.165, 1.54) is 48.6 Å². The predicted molar refractivity (Wildman–Crippen MR) is 173 cm³/mol. The molecule has 3 radical (unpaired) electrons. The molecule has 0 aromatic heterocycles. The monoisotopic (exact) mass is 571 g/mol. The van der Waals surface area contributed by atoms with Gasteiger partial charge in [0.05, 0.1) is 0 Å². The lowest BCUT2D eigenvalue weighted by molar-refractivity contribution is 0.467. The Labute approximate surface area is 244 Å². The van der Waals surface area contributed by atoms with Crippen LogP contribution in [-0.2, 0) is 8.23 Å². The van der Waals surface area contributed by atoms with Crippen molar-refractivity contribution in [3.05, 3.63) is 149 Å². The van der Waals surface area contributed by atoms with Crippen LogP contribution < -0.4 is 25.9 Å². The minimum Gasteiger partial charge on any atom is -0.424 e. The van der Waals surface area contributed by atoms with Gasteiger partial charge in [-0.3, -0.25) is 0 Å². The second-order valence-corrected chi connectivity index (χ2v) is 16.9. The standard InChI is InChI=1S/C35H35O2Si3/c1-26-6-16-31(17-7-26)38(32-18-8-27(2)9-19-32)36-40(35-24-14-30(5)15-25-35)37-39(33-20-10-28(3)11-21-33)34-22-12-29(4)13-23-34/h6-25H,1-5H3. The van der Waals surface area contributed by atoms with E-state index in [0.717, 1.165) is 5.19 Å². The van der Waals surface area contributed by atoms with Crippen molar-refractivity contribution in [2.75, 3.05) is 0 Å². The summed E-state index contributed by atoms with van der Waals surface area (Å²) in [5, 5.41) is 6.07. The highest BCUT2D eigenvalue weighted by Gasteiger charge is 2.33. The SMILES string of the molecule is Cc1ccc([Si](O[Si](c2ccc(C)cc2)c2ccc(C)cc2)O[Si](c2ccc(C)cc2)c2ccc(C)cc2)cc1. The number of hydrogen-bond donors (Lipinski definition) is 0. The van der Waals surface area contributed by atoms with Crippen LogP contribution >= 0.6 is 0 Å². The average Bonchev–Trinajstić information content (AvgIpc) is 2.96. The van der Waals surface area contributed by atoms with E-state index in [1.807, 2.05) is 0 Å². The van der Waals surface area contributed by atoms with Gasteiger partial charge >= 0.3 is 9.28 Å². The van der Waals surface area contributed by atoms with E-state index in [2.05, 4.69) is 156 Å². The lowest BCUT2D eigenvalue weighted by atomic mass is 10.2. The third-order valence-electron chi connectivity index (χ3n) is 6.93. The minimum atomic E-state index is -1.87. The fourth-order valence-corrected chi connectivity index (χ4v) is 12.2. The van der Waals surface area contributed by atoms with Crippen LogP contribution in [0, 0.1) is 34.6 Å². The Morgan fingerprint density at radius 3 is 0.725 bits per heavy atom. The van der Waals surface area contributed by atoms with Crippen LogP contribution in [0.4, 0.5) is 0 Å². The van der Waals surface area contributed by atoms with Gasteiger partial charge in [0.2, 0.25) is 0 Å². The molecule has 0 spiro atoms. The first-order valence-corrected chi connectivity index (χ1v) is 17.8. The van der Waals surface area contributed by atoms with Crippen molar-refractivity contribution in [3.63, 3.8) is 0 Å².